The second-order valence-corrected chi connectivity index (χ2v) is 5.19. The van der Waals surface area contributed by atoms with Crippen molar-refractivity contribution in [2.45, 2.75) is 6.92 Å². The molecule has 4 heteroatoms. The van der Waals surface area contributed by atoms with E-state index in [0.29, 0.717) is 27.3 Å². The van der Waals surface area contributed by atoms with Crippen molar-refractivity contribution in [2.24, 2.45) is 0 Å². The third kappa shape index (κ3) is 2.30. The zero-order chi connectivity index (χ0) is 15.0. The molecule has 0 amide bonds. The van der Waals surface area contributed by atoms with Crippen LogP contribution in [0.1, 0.15) is 5.56 Å². The van der Waals surface area contributed by atoms with Gasteiger partial charge in [0.1, 0.15) is 17.6 Å². The van der Waals surface area contributed by atoms with Crippen LogP contribution in [0, 0.1) is 6.92 Å². The van der Waals surface area contributed by atoms with E-state index in [0.717, 1.165) is 11.1 Å². The van der Waals surface area contributed by atoms with Crippen molar-refractivity contribution in [1.82, 2.24) is 0 Å². The fourth-order valence-corrected chi connectivity index (χ4v) is 2.50. The number of rotatable bonds is 2. The molecule has 0 aliphatic heterocycles. The highest BCUT2D eigenvalue weighted by molar-refractivity contribution is 6.30. The van der Waals surface area contributed by atoms with Crippen molar-refractivity contribution in [3.63, 3.8) is 0 Å². The summed E-state index contributed by atoms with van der Waals surface area (Å²) < 4.78 is 10.9. The van der Waals surface area contributed by atoms with Gasteiger partial charge in [0.05, 0.1) is 18.1 Å². The summed E-state index contributed by atoms with van der Waals surface area (Å²) in [6.07, 6.45) is 1.49. The van der Waals surface area contributed by atoms with Gasteiger partial charge in [-0.2, -0.15) is 0 Å². The Bertz CT molecular complexity index is 864. The smallest absolute Gasteiger partial charge is 0.200 e. The van der Waals surface area contributed by atoms with Gasteiger partial charge in [0.2, 0.25) is 5.43 Å². The minimum absolute atomic E-state index is 0.0654. The van der Waals surface area contributed by atoms with Gasteiger partial charge in [-0.3, -0.25) is 4.79 Å². The van der Waals surface area contributed by atoms with Crippen LogP contribution in [0.2, 0.25) is 5.02 Å². The highest BCUT2D eigenvalue weighted by Gasteiger charge is 2.13. The average Bonchev–Trinajstić information content (AvgIpc) is 2.50. The predicted octanol–water partition coefficient (Wildman–Crippen LogP) is 4.43. The Morgan fingerprint density at radius 1 is 1.10 bits per heavy atom. The predicted molar refractivity (Wildman–Crippen MR) is 84.2 cm³/mol. The number of benzene rings is 2. The van der Waals surface area contributed by atoms with Crippen LogP contribution in [0.3, 0.4) is 0 Å². The molecule has 3 nitrogen and oxygen atoms in total. The van der Waals surface area contributed by atoms with E-state index in [2.05, 4.69) is 0 Å². The maximum absolute atomic E-state index is 12.6. The van der Waals surface area contributed by atoms with Gasteiger partial charge < -0.3 is 9.15 Å². The van der Waals surface area contributed by atoms with Crippen LogP contribution in [-0.4, -0.2) is 7.11 Å². The lowest BCUT2D eigenvalue weighted by molar-refractivity contribution is 0.411. The Balaban J connectivity index is 2.26. The molecule has 0 atom stereocenters. The Morgan fingerprint density at radius 2 is 1.81 bits per heavy atom. The quantitative estimate of drug-likeness (QED) is 0.703. The van der Waals surface area contributed by atoms with Crippen molar-refractivity contribution in [2.75, 3.05) is 7.11 Å². The van der Waals surface area contributed by atoms with Gasteiger partial charge in [-0.15, -0.1) is 0 Å². The van der Waals surface area contributed by atoms with Crippen molar-refractivity contribution >= 4 is 22.6 Å². The molecule has 0 aliphatic rings. The van der Waals surface area contributed by atoms with Gasteiger partial charge in [-0.05, 0) is 36.8 Å². The van der Waals surface area contributed by atoms with Crippen molar-refractivity contribution < 1.29 is 9.15 Å². The zero-order valence-electron chi connectivity index (χ0n) is 11.6. The average molecular weight is 301 g/mol. The molecule has 0 saturated heterocycles. The topological polar surface area (TPSA) is 39.4 Å². The van der Waals surface area contributed by atoms with Gasteiger partial charge in [0.15, 0.2) is 0 Å². The summed E-state index contributed by atoms with van der Waals surface area (Å²) in [6.45, 7) is 1.87. The molecule has 0 radical (unpaired) electrons. The minimum atomic E-state index is -0.0654. The van der Waals surface area contributed by atoms with Crippen LogP contribution in [0.25, 0.3) is 22.1 Å². The molecule has 3 aromatic rings. The van der Waals surface area contributed by atoms with E-state index in [9.17, 15) is 4.79 Å². The highest BCUT2D eigenvalue weighted by atomic mass is 35.5. The molecule has 0 unspecified atom stereocenters. The van der Waals surface area contributed by atoms with Gasteiger partial charge in [0, 0.05) is 10.6 Å². The van der Waals surface area contributed by atoms with Gasteiger partial charge in [-0.1, -0.05) is 23.7 Å². The van der Waals surface area contributed by atoms with Crippen LogP contribution in [0.4, 0.5) is 0 Å². The summed E-state index contributed by atoms with van der Waals surface area (Å²) in [7, 11) is 1.59. The summed E-state index contributed by atoms with van der Waals surface area (Å²) in [6, 6.07) is 10.6. The van der Waals surface area contributed by atoms with Gasteiger partial charge in [-0.25, -0.2) is 0 Å². The Labute approximate surface area is 126 Å². The maximum Gasteiger partial charge on any atom is 0.200 e. The SMILES string of the molecule is COc1ccc2c(=O)c(-c3ccc(Cl)cc3)coc2c1C. The van der Waals surface area contributed by atoms with E-state index in [1.165, 1.54) is 6.26 Å². The van der Waals surface area contributed by atoms with Crippen molar-refractivity contribution in [3.05, 3.63) is 63.5 Å². The fraction of sp³-hybridized carbons (Fsp3) is 0.118. The first-order valence-electron chi connectivity index (χ1n) is 6.47. The first kappa shape index (κ1) is 13.7. The van der Waals surface area contributed by atoms with E-state index in [4.69, 9.17) is 20.8 Å². The lowest BCUT2D eigenvalue weighted by Crippen LogP contribution is -2.05. The minimum Gasteiger partial charge on any atom is -0.496 e. The van der Waals surface area contributed by atoms with E-state index in [1.54, 1.807) is 43.5 Å². The van der Waals surface area contributed by atoms with E-state index in [1.807, 2.05) is 6.92 Å². The molecule has 0 fully saturated rings. The number of hydrogen-bond acceptors (Lipinski definition) is 3. The summed E-state index contributed by atoms with van der Waals surface area (Å²) in [5.74, 6) is 0.699. The Kier molecular flexibility index (Phi) is 3.43. The lowest BCUT2D eigenvalue weighted by atomic mass is 10.0. The first-order valence-corrected chi connectivity index (χ1v) is 6.84. The highest BCUT2D eigenvalue weighted by Crippen LogP contribution is 2.27. The molecule has 0 bridgehead atoms. The van der Waals surface area contributed by atoms with E-state index in [-0.39, 0.29) is 5.43 Å². The molecule has 21 heavy (non-hydrogen) atoms. The van der Waals surface area contributed by atoms with E-state index >= 15 is 0 Å². The summed E-state index contributed by atoms with van der Waals surface area (Å²) >= 11 is 5.87. The second-order valence-electron chi connectivity index (χ2n) is 4.75. The third-order valence-electron chi connectivity index (χ3n) is 3.52. The van der Waals surface area contributed by atoms with Crippen LogP contribution < -0.4 is 10.2 Å². The summed E-state index contributed by atoms with van der Waals surface area (Å²) in [5, 5.41) is 1.17. The maximum atomic E-state index is 12.6. The largest absolute Gasteiger partial charge is 0.496 e. The molecule has 3 rings (SSSR count). The number of ether oxygens (including phenoxy) is 1. The fourth-order valence-electron chi connectivity index (χ4n) is 2.37. The number of aryl methyl sites for hydroxylation is 1. The summed E-state index contributed by atoms with van der Waals surface area (Å²) in [5.41, 5.74) is 2.60. The molecule has 1 aromatic heterocycles. The number of methoxy groups -OCH3 is 1. The van der Waals surface area contributed by atoms with E-state index < -0.39 is 0 Å². The molecule has 0 spiro atoms. The molecule has 0 N–H and O–H groups in total. The first-order chi connectivity index (χ1) is 10.1. The van der Waals surface area contributed by atoms with Crippen LogP contribution in [0.15, 0.2) is 51.9 Å². The van der Waals surface area contributed by atoms with Gasteiger partial charge >= 0.3 is 0 Å². The molecule has 0 saturated carbocycles. The molecular weight excluding hydrogens is 288 g/mol. The second kappa shape index (κ2) is 5.26. The van der Waals surface area contributed by atoms with Crippen LogP contribution in [0.5, 0.6) is 5.75 Å². The summed E-state index contributed by atoms with van der Waals surface area (Å²) in [4.78, 5) is 12.6. The molecule has 1 heterocycles. The number of halogens is 1. The van der Waals surface area contributed by atoms with Crippen LogP contribution in [-0.2, 0) is 0 Å². The van der Waals surface area contributed by atoms with Gasteiger partial charge in [0.25, 0.3) is 0 Å². The van der Waals surface area contributed by atoms with Crippen molar-refractivity contribution in [1.29, 1.82) is 0 Å². The third-order valence-corrected chi connectivity index (χ3v) is 3.77. The lowest BCUT2D eigenvalue weighted by Gasteiger charge is -2.08. The Morgan fingerprint density at radius 3 is 2.48 bits per heavy atom. The normalized spacial score (nSPS) is 10.8. The molecule has 0 aliphatic carbocycles. The van der Waals surface area contributed by atoms with Crippen LogP contribution >= 0.6 is 11.6 Å². The monoisotopic (exact) mass is 300 g/mol. The molecular formula is C17H13ClO3. The zero-order valence-corrected chi connectivity index (χ0v) is 12.4. The Hall–Kier alpha value is -2.26. The number of fused-ring (bicyclic) bond motifs is 1. The number of hydrogen-bond donors (Lipinski definition) is 0. The molecule has 2 aromatic carbocycles. The molecule has 106 valence electrons. The van der Waals surface area contributed by atoms with Crippen molar-refractivity contribution in [3.8, 4) is 16.9 Å². The standard InChI is InChI=1S/C17H13ClO3/c1-10-15(20-2)8-7-13-16(19)14(9-21-17(10)13)11-3-5-12(18)6-4-11/h3-9H,1-2H3.